The Morgan fingerprint density at radius 3 is 2.86 bits per heavy atom. The molecule has 1 saturated carbocycles. The van der Waals surface area contributed by atoms with Crippen LogP contribution in [-0.2, 0) is 16.1 Å². The highest BCUT2D eigenvalue weighted by atomic mass is 32.2. The van der Waals surface area contributed by atoms with Gasteiger partial charge in [-0.25, -0.2) is 4.79 Å². The summed E-state index contributed by atoms with van der Waals surface area (Å²) in [5, 5.41) is 21.6. The Bertz CT molecular complexity index is 985. The molecule has 0 atom stereocenters. The predicted molar refractivity (Wildman–Crippen MR) is 111 cm³/mol. The minimum Gasteiger partial charge on any atom is -0.462 e. The van der Waals surface area contributed by atoms with Crippen LogP contribution in [0.25, 0.3) is 0 Å². The Hall–Kier alpha value is -2.64. The van der Waals surface area contributed by atoms with Gasteiger partial charge in [-0.15, -0.1) is 28.1 Å². The molecule has 8 nitrogen and oxygen atoms in total. The highest BCUT2D eigenvalue weighted by Crippen LogP contribution is 2.40. The van der Waals surface area contributed by atoms with Crippen LogP contribution in [0, 0.1) is 18.3 Å². The quantitative estimate of drug-likeness (QED) is 0.368. The van der Waals surface area contributed by atoms with Crippen molar-refractivity contribution >= 4 is 40.0 Å². The van der Waals surface area contributed by atoms with E-state index in [4.69, 9.17) is 4.74 Å². The number of ether oxygens (including phenoxy) is 1. The Morgan fingerprint density at radius 1 is 1.48 bits per heavy atom. The molecule has 0 unspecified atom stereocenters. The number of esters is 1. The summed E-state index contributed by atoms with van der Waals surface area (Å²) in [6.07, 6.45) is 4.00. The standard InChI is InChI=1S/C19H21N5O3S2/c1-4-8-24-16(12-6-7-12)22-23-19(24)28-10-14(25)21-17-13(9-20)11(3)15(29-17)18(26)27-5-2/h4,12H,1,5-8,10H2,2-3H3,(H,21,25). The van der Waals surface area contributed by atoms with E-state index in [1.807, 2.05) is 4.57 Å². The molecule has 10 heteroatoms. The number of thioether (sulfide) groups is 1. The summed E-state index contributed by atoms with van der Waals surface area (Å²) < 4.78 is 7.00. The van der Waals surface area contributed by atoms with Gasteiger partial charge in [-0.05, 0) is 32.3 Å². The first kappa shape index (κ1) is 21.1. The van der Waals surface area contributed by atoms with Crippen LogP contribution in [0.1, 0.15) is 52.3 Å². The third-order valence-electron chi connectivity index (χ3n) is 4.30. The number of thiophene rings is 1. The highest BCUT2D eigenvalue weighted by molar-refractivity contribution is 7.99. The first-order chi connectivity index (χ1) is 14.0. The van der Waals surface area contributed by atoms with E-state index in [1.165, 1.54) is 11.8 Å². The van der Waals surface area contributed by atoms with Gasteiger partial charge in [0.05, 0.1) is 17.9 Å². The Kier molecular flexibility index (Phi) is 6.71. The van der Waals surface area contributed by atoms with Crippen molar-refractivity contribution in [2.75, 3.05) is 17.7 Å². The molecule has 152 valence electrons. The fourth-order valence-electron chi connectivity index (χ4n) is 2.77. The summed E-state index contributed by atoms with van der Waals surface area (Å²) in [5.74, 6) is 0.707. The van der Waals surface area contributed by atoms with Gasteiger partial charge in [0.25, 0.3) is 0 Å². The molecular weight excluding hydrogens is 410 g/mol. The van der Waals surface area contributed by atoms with Crippen molar-refractivity contribution in [3.8, 4) is 6.07 Å². The second-order valence-electron chi connectivity index (χ2n) is 6.44. The van der Waals surface area contributed by atoms with Gasteiger partial charge >= 0.3 is 5.97 Å². The molecule has 0 bridgehead atoms. The second-order valence-corrected chi connectivity index (χ2v) is 8.41. The zero-order valence-corrected chi connectivity index (χ0v) is 17.9. The average Bonchev–Trinajstić information content (AvgIpc) is 3.38. The summed E-state index contributed by atoms with van der Waals surface area (Å²) in [6, 6.07) is 2.05. The monoisotopic (exact) mass is 431 g/mol. The molecule has 2 aromatic heterocycles. The van der Waals surface area contributed by atoms with Crippen molar-refractivity contribution in [3.05, 3.63) is 34.5 Å². The Balaban J connectivity index is 1.69. The van der Waals surface area contributed by atoms with Gasteiger partial charge in [0.2, 0.25) is 5.91 Å². The lowest BCUT2D eigenvalue weighted by Crippen LogP contribution is -2.14. The van der Waals surface area contributed by atoms with Gasteiger partial charge in [0.15, 0.2) is 5.16 Å². The zero-order valence-electron chi connectivity index (χ0n) is 16.2. The number of carbonyl (C=O) groups excluding carboxylic acids is 2. The van der Waals surface area contributed by atoms with Crippen LogP contribution in [0.3, 0.4) is 0 Å². The van der Waals surface area contributed by atoms with Gasteiger partial charge in [-0.3, -0.25) is 4.79 Å². The lowest BCUT2D eigenvalue weighted by molar-refractivity contribution is -0.113. The third kappa shape index (κ3) is 4.68. The van der Waals surface area contributed by atoms with Gasteiger partial charge in [0, 0.05) is 12.5 Å². The van der Waals surface area contributed by atoms with Crippen molar-refractivity contribution < 1.29 is 14.3 Å². The number of allylic oxidation sites excluding steroid dienone is 1. The smallest absolute Gasteiger partial charge is 0.348 e. The molecule has 1 N–H and O–H groups in total. The maximum absolute atomic E-state index is 12.5. The maximum Gasteiger partial charge on any atom is 0.348 e. The van der Waals surface area contributed by atoms with Gasteiger partial charge < -0.3 is 14.6 Å². The molecule has 29 heavy (non-hydrogen) atoms. The van der Waals surface area contributed by atoms with E-state index in [0.717, 1.165) is 30.0 Å². The fourth-order valence-corrected chi connectivity index (χ4v) is 4.59. The first-order valence-corrected chi connectivity index (χ1v) is 11.0. The number of nitriles is 1. The molecular formula is C19H21N5O3S2. The summed E-state index contributed by atoms with van der Waals surface area (Å²) in [4.78, 5) is 24.8. The SMILES string of the molecule is C=CCn1c(SCC(=O)Nc2sc(C(=O)OCC)c(C)c2C#N)nnc1C1CC1. The highest BCUT2D eigenvalue weighted by Gasteiger charge is 2.30. The molecule has 1 aliphatic carbocycles. The normalized spacial score (nSPS) is 13.0. The summed E-state index contributed by atoms with van der Waals surface area (Å²) in [6.45, 7) is 7.99. The molecule has 0 saturated heterocycles. The number of aromatic nitrogens is 3. The van der Waals surface area contributed by atoms with Crippen LogP contribution in [-0.4, -0.2) is 39.0 Å². The number of carbonyl (C=O) groups is 2. The largest absolute Gasteiger partial charge is 0.462 e. The molecule has 0 aromatic carbocycles. The molecule has 0 aliphatic heterocycles. The molecule has 2 aromatic rings. The van der Waals surface area contributed by atoms with Crippen molar-refractivity contribution in [2.24, 2.45) is 0 Å². The minimum absolute atomic E-state index is 0.108. The van der Waals surface area contributed by atoms with E-state index in [2.05, 4.69) is 28.2 Å². The van der Waals surface area contributed by atoms with Gasteiger partial charge in [-0.2, -0.15) is 5.26 Å². The molecule has 1 amide bonds. The van der Waals surface area contributed by atoms with E-state index >= 15 is 0 Å². The first-order valence-electron chi connectivity index (χ1n) is 9.17. The number of nitrogens with zero attached hydrogens (tertiary/aromatic N) is 4. The topological polar surface area (TPSA) is 110 Å². The molecule has 1 aliphatic rings. The number of hydrogen-bond donors (Lipinski definition) is 1. The van der Waals surface area contributed by atoms with Gasteiger partial charge in [0.1, 0.15) is 21.8 Å². The number of amides is 1. The van der Waals surface area contributed by atoms with Crippen LogP contribution in [0.4, 0.5) is 5.00 Å². The number of nitrogens with one attached hydrogen (secondary N) is 1. The summed E-state index contributed by atoms with van der Waals surface area (Å²) in [7, 11) is 0. The molecule has 1 fully saturated rings. The van der Waals surface area contributed by atoms with E-state index in [-0.39, 0.29) is 23.8 Å². The predicted octanol–water partition coefficient (Wildman–Crippen LogP) is 3.49. The number of hydrogen-bond acceptors (Lipinski definition) is 8. The molecule has 0 radical (unpaired) electrons. The Morgan fingerprint density at radius 2 is 2.24 bits per heavy atom. The van der Waals surface area contributed by atoms with E-state index < -0.39 is 5.97 Å². The maximum atomic E-state index is 12.5. The van der Waals surface area contributed by atoms with Crippen LogP contribution < -0.4 is 5.32 Å². The zero-order chi connectivity index (χ0) is 21.0. The van der Waals surface area contributed by atoms with Gasteiger partial charge in [-0.1, -0.05) is 17.8 Å². The minimum atomic E-state index is -0.494. The molecule has 0 spiro atoms. The van der Waals surface area contributed by atoms with E-state index in [0.29, 0.717) is 33.1 Å². The Labute approximate surface area is 177 Å². The lowest BCUT2D eigenvalue weighted by atomic mass is 10.2. The third-order valence-corrected chi connectivity index (χ3v) is 6.46. The van der Waals surface area contributed by atoms with Crippen molar-refractivity contribution in [1.82, 2.24) is 14.8 Å². The second kappa shape index (κ2) is 9.24. The number of rotatable bonds is 9. The van der Waals surface area contributed by atoms with Crippen molar-refractivity contribution in [1.29, 1.82) is 5.26 Å². The van der Waals surface area contributed by atoms with Crippen LogP contribution in [0.5, 0.6) is 0 Å². The fraction of sp³-hybridized carbons (Fsp3) is 0.421. The molecule has 2 heterocycles. The average molecular weight is 432 g/mol. The van der Waals surface area contributed by atoms with E-state index in [1.54, 1.807) is 19.9 Å². The molecule has 3 rings (SSSR count). The summed E-state index contributed by atoms with van der Waals surface area (Å²) in [5.41, 5.74) is 0.793. The van der Waals surface area contributed by atoms with Crippen LogP contribution >= 0.6 is 23.1 Å². The van der Waals surface area contributed by atoms with Crippen LogP contribution in [0.2, 0.25) is 0 Å². The van der Waals surface area contributed by atoms with Crippen molar-refractivity contribution in [2.45, 2.75) is 44.3 Å². The van der Waals surface area contributed by atoms with E-state index in [9.17, 15) is 14.9 Å². The van der Waals surface area contributed by atoms with Crippen molar-refractivity contribution in [3.63, 3.8) is 0 Å². The summed E-state index contributed by atoms with van der Waals surface area (Å²) >= 11 is 2.33. The number of anilines is 1. The lowest BCUT2D eigenvalue weighted by Gasteiger charge is -2.07. The van der Waals surface area contributed by atoms with Crippen LogP contribution in [0.15, 0.2) is 17.8 Å².